The predicted molar refractivity (Wildman–Crippen MR) is 144 cm³/mol. The van der Waals surface area contributed by atoms with E-state index in [1.807, 2.05) is 50.7 Å². The number of Topliss-reactive ketones (excluding diaryl/α,β-unsaturated/α-hetero) is 1. The average Bonchev–Trinajstić information content (AvgIpc) is 3.24. The number of nitrogens with two attached hydrogens (primary N) is 1. The van der Waals surface area contributed by atoms with E-state index in [4.69, 9.17) is 5.73 Å². The number of halogens is 2. The van der Waals surface area contributed by atoms with Gasteiger partial charge in [0.25, 0.3) is 0 Å². The van der Waals surface area contributed by atoms with Gasteiger partial charge in [0, 0.05) is 20.1 Å². The lowest BCUT2D eigenvalue weighted by Crippen LogP contribution is -2.11. The molecule has 0 atom stereocenters. The highest BCUT2D eigenvalue weighted by molar-refractivity contribution is 9.10. The lowest BCUT2D eigenvalue weighted by Gasteiger charge is -2.09. The molecule has 34 heavy (non-hydrogen) atoms. The maximum absolute atomic E-state index is 11.6. The van der Waals surface area contributed by atoms with E-state index < -0.39 is 0 Å². The number of nitrogens with zero attached hydrogens (tertiary/aromatic N) is 7. The molecule has 0 aromatic carbocycles. The molecule has 184 valence electrons. The molecule has 0 aliphatic carbocycles. The Kier molecular flexibility index (Phi) is 13.4. The van der Waals surface area contributed by atoms with E-state index in [0.717, 1.165) is 16.1 Å². The van der Waals surface area contributed by atoms with Gasteiger partial charge in [0.15, 0.2) is 5.82 Å². The zero-order valence-corrected chi connectivity index (χ0v) is 23.5. The minimum Gasteiger partial charge on any atom is -0.369 e. The van der Waals surface area contributed by atoms with Crippen molar-refractivity contribution in [2.75, 3.05) is 20.6 Å². The molecule has 0 spiro atoms. The third-order valence-corrected chi connectivity index (χ3v) is 4.51. The fourth-order valence-corrected chi connectivity index (χ4v) is 2.96. The van der Waals surface area contributed by atoms with Crippen molar-refractivity contribution in [3.63, 3.8) is 0 Å². The third kappa shape index (κ3) is 11.6. The normalized spacial score (nSPS) is 10.6. The standard InChI is InChI=1S/C10H11BrN4.C10H12BrN3O.C3H9N/c1-7(2)15-6-12-14-10(15)8-4-3-5-9(11)13-8;1-14(2)7-12-6-9(15)8-4-3-5-10(11)13-8;1-3(2)4/h3-7H,1-2H3;3-5,7H,6H2,1-2H3;3H,4H2,1-2H3. The molecule has 3 rings (SSSR count). The molecule has 3 aromatic heterocycles. The Morgan fingerprint density at radius 3 is 2.21 bits per heavy atom. The Morgan fingerprint density at radius 2 is 1.68 bits per heavy atom. The van der Waals surface area contributed by atoms with Crippen molar-refractivity contribution in [1.82, 2.24) is 29.6 Å². The second-order valence-electron chi connectivity index (χ2n) is 7.93. The van der Waals surface area contributed by atoms with Crippen molar-refractivity contribution in [3.05, 3.63) is 57.6 Å². The number of aromatic nitrogens is 5. The number of aliphatic imine (C=N–C) groups is 1. The summed E-state index contributed by atoms with van der Waals surface area (Å²) in [7, 11) is 3.71. The molecule has 0 radical (unpaired) electrons. The van der Waals surface area contributed by atoms with Crippen molar-refractivity contribution in [2.24, 2.45) is 10.7 Å². The van der Waals surface area contributed by atoms with Crippen LogP contribution < -0.4 is 5.73 Å². The Labute approximate surface area is 218 Å². The quantitative estimate of drug-likeness (QED) is 0.191. The fourth-order valence-electron chi connectivity index (χ4n) is 2.27. The van der Waals surface area contributed by atoms with E-state index in [1.54, 1.807) is 35.8 Å². The summed E-state index contributed by atoms with van der Waals surface area (Å²) in [5, 5.41) is 7.99. The summed E-state index contributed by atoms with van der Waals surface area (Å²) in [6, 6.07) is 11.6. The molecule has 0 bridgehead atoms. The lowest BCUT2D eigenvalue weighted by atomic mass is 10.2. The molecule has 0 amide bonds. The molecule has 0 aliphatic rings. The van der Waals surface area contributed by atoms with E-state index in [-0.39, 0.29) is 12.3 Å². The molecule has 2 N–H and O–H groups in total. The van der Waals surface area contributed by atoms with Crippen molar-refractivity contribution >= 4 is 44.0 Å². The molecule has 3 aromatic rings. The summed E-state index contributed by atoms with van der Waals surface area (Å²) >= 11 is 6.55. The van der Waals surface area contributed by atoms with Crippen LogP contribution in [0.1, 0.15) is 44.2 Å². The Balaban J connectivity index is 0.000000294. The van der Waals surface area contributed by atoms with E-state index in [2.05, 4.69) is 70.9 Å². The van der Waals surface area contributed by atoms with Crippen LogP contribution in [0.5, 0.6) is 0 Å². The van der Waals surface area contributed by atoms with Crippen molar-refractivity contribution in [2.45, 2.75) is 39.8 Å². The van der Waals surface area contributed by atoms with Gasteiger partial charge in [-0.2, -0.15) is 0 Å². The molecule has 0 saturated heterocycles. The zero-order chi connectivity index (χ0) is 25.7. The molecule has 3 heterocycles. The van der Waals surface area contributed by atoms with E-state index in [1.165, 1.54) is 0 Å². The first-order chi connectivity index (χ1) is 16.0. The first-order valence-corrected chi connectivity index (χ1v) is 12.2. The van der Waals surface area contributed by atoms with Gasteiger partial charge < -0.3 is 15.2 Å². The van der Waals surface area contributed by atoms with Crippen LogP contribution in [0, 0.1) is 0 Å². The van der Waals surface area contributed by atoms with Crippen LogP contribution in [0.3, 0.4) is 0 Å². The van der Waals surface area contributed by atoms with Crippen LogP contribution in [-0.4, -0.2) is 68.4 Å². The largest absolute Gasteiger partial charge is 0.369 e. The monoisotopic (exact) mass is 594 g/mol. The molecule has 0 unspecified atom stereocenters. The smallest absolute Gasteiger partial charge is 0.202 e. The summed E-state index contributed by atoms with van der Waals surface area (Å²) in [4.78, 5) is 25.7. The van der Waals surface area contributed by atoms with Gasteiger partial charge in [0.05, 0.1) is 6.34 Å². The van der Waals surface area contributed by atoms with Gasteiger partial charge in [0.1, 0.15) is 33.5 Å². The highest BCUT2D eigenvalue weighted by Gasteiger charge is 2.10. The van der Waals surface area contributed by atoms with Crippen LogP contribution in [0.25, 0.3) is 11.5 Å². The highest BCUT2D eigenvalue weighted by Crippen LogP contribution is 2.19. The predicted octanol–water partition coefficient (Wildman–Crippen LogP) is 4.65. The van der Waals surface area contributed by atoms with Crippen molar-refractivity contribution in [1.29, 1.82) is 0 Å². The molecule has 11 heteroatoms. The van der Waals surface area contributed by atoms with Gasteiger partial charge in [-0.15, -0.1) is 10.2 Å². The molecule has 0 saturated carbocycles. The zero-order valence-electron chi connectivity index (χ0n) is 20.4. The van der Waals surface area contributed by atoms with E-state index in [9.17, 15) is 4.79 Å². The first kappa shape index (κ1) is 29.5. The summed E-state index contributed by atoms with van der Waals surface area (Å²) in [5.41, 5.74) is 6.37. The maximum Gasteiger partial charge on any atom is 0.202 e. The van der Waals surface area contributed by atoms with Gasteiger partial charge in [-0.05, 0) is 76.0 Å². The van der Waals surface area contributed by atoms with Gasteiger partial charge in [-0.1, -0.05) is 26.0 Å². The summed E-state index contributed by atoms with van der Waals surface area (Å²) in [5.74, 6) is 0.709. The van der Waals surface area contributed by atoms with Crippen molar-refractivity contribution < 1.29 is 4.79 Å². The van der Waals surface area contributed by atoms with Gasteiger partial charge in [-0.3, -0.25) is 9.79 Å². The van der Waals surface area contributed by atoms with E-state index in [0.29, 0.717) is 22.4 Å². The number of hydrogen-bond donors (Lipinski definition) is 1. The minimum atomic E-state index is -0.0885. The minimum absolute atomic E-state index is 0.0885. The summed E-state index contributed by atoms with van der Waals surface area (Å²) in [6.45, 7) is 8.19. The SMILES string of the molecule is CC(C)N.CC(C)n1cnnc1-c1cccc(Br)n1.CN(C)C=NCC(=O)c1cccc(Br)n1. The molecule has 0 fully saturated rings. The maximum atomic E-state index is 11.6. The molecular formula is C23H32Br2N8O. The van der Waals surface area contributed by atoms with Crippen LogP contribution in [-0.2, 0) is 0 Å². The molecule has 0 aliphatic heterocycles. The van der Waals surface area contributed by atoms with Crippen LogP contribution in [0.2, 0.25) is 0 Å². The number of pyridine rings is 2. The average molecular weight is 596 g/mol. The van der Waals surface area contributed by atoms with Gasteiger partial charge in [0.2, 0.25) is 5.78 Å². The summed E-state index contributed by atoms with van der Waals surface area (Å²) < 4.78 is 3.46. The molecule has 9 nitrogen and oxygen atoms in total. The fraction of sp³-hybridized carbons (Fsp3) is 0.391. The second-order valence-corrected chi connectivity index (χ2v) is 9.56. The van der Waals surface area contributed by atoms with Crippen LogP contribution in [0.15, 0.2) is 56.9 Å². The Bertz CT molecular complexity index is 1050. The summed E-state index contributed by atoms with van der Waals surface area (Å²) in [6.07, 6.45) is 3.33. The first-order valence-electron chi connectivity index (χ1n) is 10.6. The highest BCUT2D eigenvalue weighted by atomic mass is 79.9. The lowest BCUT2D eigenvalue weighted by molar-refractivity contribution is 0.0997. The Morgan fingerprint density at radius 1 is 1.09 bits per heavy atom. The van der Waals surface area contributed by atoms with Gasteiger partial charge >= 0.3 is 0 Å². The second kappa shape index (κ2) is 15.4. The number of carbonyl (C=O) groups excluding carboxylic acids is 1. The number of rotatable bonds is 6. The topological polar surface area (TPSA) is 115 Å². The van der Waals surface area contributed by atoms with Crippen molar-refractivity contribution in [3.8, 4) is 11.5 Å². The number of hydrogen-bond acceptors (Lipinski definition) is 7. The van der Waals surface area contributed by atoms with Gasteiger partial charge in [-0.25, -0.2) is 9.97 Å². The van der Waals surface area contributed by atoms with E-state index >= 15 is 0 Å². The Hall–Kier alpha value is -2.50. The third-order valence-electron chi connectivity index (χ3n) is 3.62. The number of ketones is 1. The number of carbonyl (C=O) groups is 1. The van der Waals surface area contributed by atoms with Crippen LogP contribution in [0.4, 0.5) is 0 Å². The molecular weight excluding hydrogens is 564 g/mol. The van der Waals surface area contributed by atoms with Crippen LogP contribution >= 0.6 is 31.9 Å².